The van der Waals surface area contributed by atoms with Crippen molar-refractivity contribution >= 4 is 17.7 Å². The molecule has 1 aliphatic rings. The number of furan rings is 1. The largest absolute Gasteiger partial charge is 0.497 e. The molecule has 7 nitrogen and oxygen atoms in total. The first-order valence-corrected chi connectivity index (χ1v) is 7.31. The minimum absolute atomic E-state index is 0.317. The van der Waals surface area contributed by atoms with Crippen LogP contribution >= 0.6 is 0 Å². The van der Waals surface area contributed by atoms with Gasteiger partial charge in [-0.1, -0.05) is 12.1 Å². The van der Waals surface area contributed by atoms with E-state index in [4.69, 9.17) is 9.15 Å². The van der Waals surface area contributed by atoms with E-state index in [1.807, 2.05) is 0 Å². The van der Waals surface area contributed by atoms with Crippen LogP contribution in [0.3, 0.4) is 0 Å². The lowest BCUT2D eigenvalue weighted by atomic mass is 9.99. The van der Waals surface area contributed by atoms with Crippen molar-refractivity contribution in [1.29, 1.82) is 0 Å². The molecule has 3 rings (SSSR count). The number of urea groups is 1. The molecule has 24 heavy (non-hydrogen) atoms. The molecule has 1 saturated heterocycles. The third-order valence-corrected chi connectivity index (χ3v) is 3.98. The molecule has 0 aliphatic carbocycles. The Morgan fingerprint density at radius 2 is 2.08 bits per heavy atom. The number of amides is 3. The van der Waals surface area contributed by atoms with Gasteiger partial charge in [-0.2, -0.15) is 0 Å². The molecule has 3 amide bonds. The first-order chi connectivity index (χ1) is 11.5. The number of methoxy groups -OCH3 is 1. The first kappa shape index (κ1) is 15.8. The van der Waals surface area contributed by atoms with E-state index >= 15 is 0 Å². The van der Waals surface area contributed by atoms with E-state index in [0.29, 0.717) is 17.1 Å². The Hall–Kier alpha value is -3.09. The highest BCUT2D eigenvalue weighted by Crippen LogP contribution is 2.29. The molecule has 0 bridgehead atoms. The second kappa shape index (κ2) is 5.84. The number of nitrogens with one attached hydrogen (secondary N) is 1. The summed E-state index contributed by atoms with van der Waals surface area (Å²) in [4.78, 5) is 38.1. The number of carbonyl (C=O) groups excluding carboxylic acids is 3. The third kappa shape index (κ3) is 2.54. The summed E-state index contributed by atoms with van der Waals surface area (Å²) in [5.41, 5.74) is -0.948. The van der Waals surface area contributed by atoms with Gasteiger partial charge in [-0.3, -0.25) is 14.5 Å². The van der Waals surface area contributed by atoms with Crippen molar-refractivity contribution in [2.45, 2.75) is 12.5 Å². The molecule has 0 unspecified atom stereocenters. The standard InChI is InChI=1S/C17H16N2O5/c1-17(14-7-4-8-24-14)15(21)19(16(22)18-17)10-13(20)11-5-3-6-12(9-11)23-2/h3-9H,10H2,1-2H3,(H,18,22)/t17-/m1/s1. The fourth-order valence-corrected chi connectivity index (χ4v) is 2.60. The van der Waals surface area contributed by atoms with Crippen LogP contribution in [0.5, 0.6) is 5.75 Å². The molecule has 0 spiro atoms. The molecule has 1 fully saturated rings. The van der Waals surface area contributed by atoms with Crippen molar-refractivity contribution in [1.82, 2.24) is 10.2 Å². The topological polar surface area (TPSA) is 88.8 Å². The Labute approximate surface area is 138 Å². The van der Waals surface area contributed by atoms with Gasteiger partial charge in [0.05, 0.1) is 19.9 Å². The fraction of sp³-hybridized carbons (Fsp3) is 0.235. The quantitative estimate of drug-likeness (QED) is 0.669. The second-order valence-corrected chi connectivity index (χ2v) is 5.58. The molecule has 1 aromatic heterocycles. The summed E-state index contributed by atoms with van der Waals surface area (Å²) in [5.74, 6) is -0.0459. The average Bonchev–Trinajstić information content (AvgIpc) is 3.19. The molecule has 1 N–H and O–H groups in total. The summed E-state index contributed by atoms with van der Waals surface area (Å²) in [6.07, 6.45) is 1.42. The van der Waals surface area contributed by atoms with Crippen LogP contribution in [-0.2, 0) is 10.3 Å². The van der Waals surface area contributed by atoms with Crippen LogP contribution in [0.1, 0.15) is 23.0 Å². The lowest BCUT2D eigenvalue weighted by Crippen LogP contribution is -2.41. The Kier molecular flexibility index (Phi) is 3.84. The summed E-state index contributed by atoms with van der Waals surface area (Å²) in [6.45, 7) is 1.19. The number of carbonyl (C=O) groups is 3. The molecule has 0 saturated carbocycles. The van der Waals surface area contributed by atoms with E-state index in [0.717, 1.165) is 4.90 Å². The first-order valence-electron chi connectivity index (χ1n) is 7.31. The van der Waals surface area contributed by atoms with Gasteiger partial charge >= 0.3 is 6.03 Å². The van der Waals surface area contributed by atoms with Crippen molar-refractivity contribution in [3.05, 3.63) is 54.0 Å². The predicted molar refractivity (Wildman–Crippen MR) is 83.6 cm³/mol. The number of Topliss-reactive ketones (excluding diaryl/α,β-unsaturated/α-hetero) is 1. The van der Waals surface area contributed by atoms with Gasteiger partial charge in [0.25, 0.3) is 5.91 Å². The number of imide groups is 1. The highest BCUT2D eigenvalue weighted by Gasteiger charge is 2.51. The Morgan fingerprint density at radius 1 is 1.29 bits per heavy atom. The lowest BCUT2D eigenvalue weighted by Gasteiger charge is -2.18. The fourth-order valence-electron chi connectivity index (χ4n) is 2.60. The minimum atomic E-state index is -1.31. The van der Waals surface area contributed by atoms with Crippen molar-refractivity contribution in [2.24, 2.45) is 0 Å². The number of nitrogens with zero attached hydrogens (tertiary/aromatic N) is 1. The Balaban J connectivity index is 1.81. The van der Waals surface area contributed by atoms with Crippen molar-refractivity contribution < 1.29 is 23.5 Å². The van der Waals surface area contributed by atoms with Gasteiger partial charge in [0.1, 0.15) is 11.5 Å². The van der Waals surface area contributed by atoms with Crippen LogP contribution in [0.15, 0.2) is 47.1 Å². The molecule has 2 aromatic rings. The normalized spacial score (nSPS) is 20.2. The second-order valence-electron chi connectivity index (χ2n) is 5.58. The zero-order chi connectivity index (χ0) is 17.3. The van der Waals surface area contributed by atoms with Gasteiger partial charge in [-0.05, 0) is 31.2 Å². The van der Waals surface area contributed by atoms with Crippen LogP contribution < -0.4 is 10.1 Å². The van der Waals surface area contributed by atoms with Crippen LogP contribution in [-0.4, -0.2) is 36.3 Å². The monoisotopic (exact) mass is 328 g/mol. The third-order valence-electron chi connectivity index (χ3n) is 3.98. The number of ketones is 1. The van der Waals surface area contributed by atoms with Crippen LogP contribution in [0.2, 0.25) is 0 Å². The molecule has 1 atom stereocenters. The summed E-state index contributed by atoms with van der Waals surface area (Å²) >= 11 is 0. The summed E-state index contributed by atoms with van der Waals surface area (Å²) in [7, 11) is 1.50. The molecular formula is C17H16N2O5. The zero-order valence-corrected chi connectivity index (χ0v) is 13.2. The number of hydrogen-bond acceptors (Lipinski definition) is 5. The van der Waals surface area contributed by atoms with E-state index in [1.165, 1.54) is 13.4 Å². The van der Waals surface area contributed by atoms with E-state index < -0.39 is 17.5 Å². The number of rotatable bonds is 5. The van der Waals surface area contributed by atoms with E-state index in [9.17, 15) is 14.4 Å². The van der Waals surface area contributed by atoms with Crippen molar-refractivity contribution in [3.8, 4) is 5.75 Å². The van der Waals surface area contributed by atoms with Gasteiger partial charge in [-0.25, -0.2) is 4.79 Å². The maximum Gasteiger partial charge on any atom is 0.325 e. The van der Waals surface area contributed by atoms with Gasteiger partial charge < -0.3 is 14.5 Å². The van der Waals surface area contributed by atoms with Crippen LogP contribution in [0, 0.1) is 0 Å². The molecule has 1 aromatic carbocycles. The van der Waals surface area contributed by atoms with Crippen molar-refractivity contribution in [2.75, 3.05) is 13.7 Å². The molecule has 7 heteroatoms. The van der Waals surface area contributed by atoms with Crippen molar-refractivity contribution in [3.63, 3.8) is 0 Å². The maximum absolute atomic E-state index is 12.6. The zero-order valence-electron chi connectivity index (χ0n) is 13.2. The molecular weight excluding hydrogens is 312 g/mol. The van der Waals surface area contributed by atoms with Crippen LogP contribution in [0.25, 0.3) is 0 Å². The lowest BCUT2D eigenvalue weighted by molar-refractivity contribution is -0.131. The van der Waals surface area contributed by atoms with Gasteiger partial charge in [0.15, 0.2) is 11.3 Å². The number of hydrogen-bond donors (Lipinski definition) is 1. The Bertz CT molecular complexity index is 799. The summed E-state index contributed by atoms with van der Waals surface area (Å²) in [5, 5.41) is 2.58. The molecule has 2 heterocycles. The van der Waals surface area contributed by atoms with E-state index in [2.05, 4.69) is 5.32 Å². The Morgan fingerprint density at radius 3 is 2.75 bits per heavy atom. The van der Waals surface area contributed by atoms with Gasteiger partial charge in [-0.15, -0.1) is 0 Å². The molecule has 124 valence electrons. The van der Waals surface area contributed by atoms with Gasteiger partial charge in [0.2, 0.25) is 0 Å². The van der Waals surface area contributed by atoms with E-state index in [1.54, 1.807) is 43.3 Å². The SMILES string of the molecule is COc1cccc(C(=O)CN2C(=O)N[C@](C)(c3ccco3)C2=O)c1. The predicted octanol–water partition coefficient (Wildman–Crippen LogP) is 1.94. The average molecular weight is 328 g/mol. The molecule has 1 aliphatic heterocycles. The highest BCUT2D eigenvalue weighted by atomic mass is 16.5. The summed E-state index contributed by atoms with van der Waals surface area (Å²) in [6, 6.07) is 9.15. The highest BCUT2D eigenvalue weighted by molar-refractivity contribution is 6.11. The van der Waals surface area contributed by atoms with Crippen LogP contribution in [0.4, 0.5) is 4.79 Å². The minimum Gasteiger partial charge on any atom is -0.497 e. The van der Waals surface area contributed by atoms with E-state index in [-0.39, 0.29) is 12.3 Å². The molecule has 0 radical (unpaired) electrons. The number of ether oxygens (including phenoxy) is 1. The van der Waals surface area contributed by atoms with Gasteiger partial charge in [0, 0.05) is 5.56 Å². The smallest absolute Gasteiger partial charge is 0.325 e. The maximum atomic E-state index is 12.6. The summed E-state index contributed by atoms with van der Waals surface area (Å²) < 4.78 is 10.3. The number of benzene rings is 1.